The fourth-order valence-corrected chi connectivity index (χ4v) is 3.86. The number of rotatable bonds is 6. The van der Waals surface area contributed by atoms with Crippen molar-refractivity contribution < 1.29 is 14.2 Å². The fourth-order valence-electron chi connectivity index (χ4n) is 3.86. The predicted molar refractivity (Wildman–Crippen MR) is 116 cm³/mol. The molecule has 0 fully saturated rings. The zero-order chi connectivity index (χ0) is 22.0. The van der Waals surface area contributed by atoms with Crippen LogP contribution in [0.4, 0.5) is 0 Å². The molecular weight excluding hydrogens is 392 g/mol. The maximum atomic E-state index is 9.96. The second-order valence-corrected chi connectivity index (χ2v) is 7.04. The highest BCUT2D eigenvalue weighted by molar-refractivity contribution is 5.60. The Morgan fingerprint density at radius 2 is 1.87 bits per heavy atom. The second-order valence-electron chi connectivity index (χ2n) is 7.04. The van der Waals surface area contributed by atoms with Crippen LogP contribution < -0.4 is 19.9 Å². The van der Waals surface area contributed by atoms with E-state index in [1.165, 1.54) is 0 Å². The van der Waals surface area contributed by atoms with E-state index in [2.05, 4.69) is 6.07 Å². The Morgan fingerprint density at radius 3 is 2.55 bits per heavy atom. The number of hydrogen-bond acceptors (Lipinski definition) is 6. The van der Waals surface area contributed by atoms with Crippen LogP contribution in [-0.2, 0) is 0 Å². The molecule has 2 heterocycles. The van der Waals surface area contributed by atoms with Crippen LogP contribution in [-0.4, -0.2) is 23.0 Å². The van der Waals surface area contributed by atoms with E-state index >= 15 is 0 Å². The van der Waals surface area contributed by atoms with Gasteiger partial charge in [0.05, 0.1) is 36.1 Å². The minimum atomic E-state index is -0.492. The zero-order valence-corrected chi connectivity index (χ0v) is 17.8. The molecule has 3 aromatic rings. The van der Waals surface area contributed by atoms with Crippen molar-refractivity contribution in [2.45, 2.75) is 26.7 Å². The van der Waals surface area contributed by atoms with Crippen molar-refractivity contribution in [3.63, 3.8) is 0 Å². The van der Waals surface area contributed by atoms with Gasteiger partial charge in [-0.15, -0.1) is 0 Å². The predicted octanol–water partition coefficient (Wildman–Crippen LogP) is 4.20. The first-order valence-electron chi connectivity index (χ1n) is 10.2. The zero-order valence-electron chi connectivity index (χ0n) is 17.8. The highest BCUT2D eigenvalue weighted by atomic mass is 16.5. The van der Waals surface area contributed by atoms with Crippen LogP contribution in [0.2, 0.25) is 0 Å². The largest absolute Gasteiger partial charge is 0.494 e. The number of fused-ring (bicyclic) bond motifs is 1. The molecule has 0 bridgehead atoms. The topological polar surface area (TPSA) is 95.3 Å². The quantitative estimate of drug-likeness (QED) is 0.647. The standard InChI is InChI=1S/C24H24N4O3/c1-4-29-17-11-12-20(30-5-2)18(13-17)22-19(14-25)23(26)31-24-21(22)15(3)27-28(24)16-9-7-6-8-10-16/h6-13,22H,4-5,26H2,1-3H3. The number of aryl methyl sites for hydroxylation is 1. The number of ether oxygens (including phenoxy) is 3. The highest BCUT2D eigenvalue weighted by Gasteiger charge is 2.37. The van der Waals surface area contributed by atoms with Crippen LogP contribution in [0.5, 0.6) is 17.4 Å². The normalized spacial score (nSPS) is 15.1. The molecule has 31 heavy (non-hydrogen) atoms. The average Bonchev–Trinajstić information content (AvgIpc) is 3.10. The summed E-state index contributed by atoms with van der Waals surface area (Å²) < 4.78 is 19.3. The van der Waals surface area contributed by atoms with Crippen LogP contribution in [0.15, 0.2) is 60.0 Å². The van der Waals surface area contributed by atoms with Crippen molar-refractivity contribution in [3.8, 4) is 29.1 Å². The Bertz CT molecular complexity index is 1180. The molecule has 0 radical (unpaired) electrons. The van der Waals surface area contributed by atoms with E-state index in [9.17, 15) is 5.26 Å². The van der Waals surface area contributed by atoms with Gasteiger partial charge >= 0.3 is 0 Å². The lowest BCUT2D eigenvalue weighted by Gasteiger charge is -2.26. The third kappa shape index (κ3) is 3.57. The van der Waals surface area contributed by atoms with Gasteiger partial charge in [0, 0.05) is 5.56 Å². The van der Waals surface area contributed by atoms with E-state index in [-0.39, 0.29) is 5.88 Å². The highest BCUT2D eigenvalue weighted by Crippen LogP contribution is 2.47. The summed E-state index contributed by atoms with van der Waals surface area (Å²) in [5.74, 6) is 1.41. The summed E-state index contributed by atoms with van der Waals surface area (Å²) in [7, 11) is 0. The van der Waals surface area contributed by atoms with Gasteiger partial charge in [0.25, 0.3) is 0 Å². The second kappa shape index (κ2) is 8.44. The number of aromatic nitrogens is 2. The lowest BCUT2D eigenvalue weighted by Crippen LogP contribution is -2.22. The van der Waals surface area contributed by atoms with Gasteiger partial charge in [-0.1, -0.05) is 18.2 Å². The first kappa shape index (κ1) is 20.4. The number of allylic oxidation sites excluding steroid dienone is 1. The molecule has 1 unspecified atom stereocenters. The van der Waals surface area contributed by atoms with Gasteiger partial charge in [-0.3, -0.25) is 0 Å². The van der Waals surface area contributed by atoms with Crippen LogP contribution in [0, 0.1) is 18.3 Å². The fraction of sp³-hybridized carbons (Fsp3) is 0.250. The molecule has 0 spiro atoms. The SMILES string of the molecule is CCOc1ccc(OCC)c(C2C(C#N)=C(N)Oc3c2c(C)nn3-c2ccccc2)c1. The smallest absolute Gasteiger partial charge is 0.229 e. The van der Waals surface area contributed by atoms with E-state index in [1.807, 2.05) is 69.3 Å². The Labute approximate surface area is 181 Å². The molecule has 1 aromatic heterocycles. The molecule has 7 heteroatoms. The van der Waals surface area contributed by atoms with E-state index < -0.39 is 5.92 Å². The monoisotopic (exact) mass is 416 g/mol. The summed E-state index contributed by atoms with van der Waals surface area (Å²) in [6, 6.07) is 17.5. The first-order chi connectivity index (χ1) is 15.1. The molecule has 2 aromatic carbocycles. The van der Waals surface area contributed by atoms with Gasteiger partial charge in [-0.25, -0.2) is 4.68 Å². The molecule has 7 nitrogen and oxygen atoms in total. The van der Waals surface area contributed by atoms with E-state index in [0.29, 0.717) is 36.2 Å². The van der Waals surface area contributed by atoms with Crippen molar-refractivity contribution >= 4 is 0 Å². The molecule has 4 rings (SSSR count). The van der Waals surface area contributed by atoms with Crippen molar-refractivity contribution in [3.05, 3.63) is 76.8 Å². The maximum Gasteiger partial charge on any atom is 0.229 e. The summed E-state index contributed by atoms with van der Waals surface area (Å²) in [4.78, 5) is 0. The minimum absolute atomic E-state index is 0.0568. The van der Waals surface area contributed by atoms with Crippen LogP contribution in [0.1, 0.15) is 36.6 Å². The molecule has 0 amide bonds. The maximum absolute atomic E-state index is 9.96. The lowest BCUT2D eigenvalue weighted by atomic mass is 9.83. The summed E-state index contributed by atoms with van der Waals surface area (Å²) >= 11 is 0. The van der Waals surface area contributed by atoms with Gasteiger partial charge in [-0.05, 0) is 51.1 Å². The molecule has 158 valence electrons. The van der Waals surface area contributed by atoms with Gasteiger partial charge in [0.15, 0.2) is 0 Å². The molecule has 1 atom stereocenters. The van der Waals surface area contributed by atoms with Gasteiger partial charge in [-0.2, -0.15) is 10.4 Å². The molecule has 0 saturated carbocycles. The molecule has 1 aliphatic heterocycles. The third-order valence-corrected chi connectivity index (χ3v) is 5.14. The van der Waals surface area contributed by atoms with Crippen molar-refractivity contribution in [1.82, 2.24) is 9.78 Å². The number of nitrogens with two attached hydrogens (primary N) is 1. The van der Waals surface area contributed by atoms with E-state index in [0.717, 1.165) is 22.5 Å². The molecule has 0 saturated heterocycles. The van der Waals surface area contributed by atoms with Crippen molar-refractivity contribution in [2.24, 2.45) is 5.73 Å². The summed E-state index contributed by atoms with van der Waals surface area (Å²) in [5.41, 5.74) is 9.70. The molecular formula is C24H24N4O3. The number of hydrogen-bond donors (Lipinski definition) is 1. The molecule has 1 aliphatic rings. The van der Waals surface area contributed by atoms with Crippen LogP contribution in [0.3, 0.4) is 0 Å². The molecule has 2 N–H and O–H groups in total. The van der Waals surface area contributed by atoms with E-state index in [4.69, 9.17) is 25.0 Å². The number of para-hydroxylation sites is 1. The van der Waals surface area contributed by atoms with Gasteiger partial charge < -0.3 is 19.9 Å². The third-order valence-electron chi connectivity index (χ3n) is 5.14. The first-order valence-corrected chi connectivity index (χ1v) is 10.2. The van der Waals surface area contributed by atoms with E-state index in [1.54, 1.807) is 4.68 Å². The van der Waals surface area contributed by atoms with Gasteiger partial charge in [0.2, 0.25) is 11.8 Å². The van der Waals surface area contributed by atoms with Crippen molar-refractivity contribution in [2.75, 3.05) is 13.2 Å². The Kier molecular flexibility index (Phi) is 5.54. The van der Waals surface area contributed by atoms with Crippen molar-refractivity contribution in [1.29, 1.82) is 5.26 Å². The number of benzene rings is 2. The Morgan fingerprint density at radius 1 is 1.13 bits per heavy atom. The summed E-state index contributed by atoms with van der Waals surface area (Å²) in [6.07, 6.45) is 0. The molecule has 0 aliphatic carbocycles. The Balaban J connectivity index is 1.97. The summed E-state index contributed by atoms with van der Waals surface area (Å²) in [6.45, 7) is 6.76. The van der Waals surface area contributed by atoms with Gasteiger partial charge in [0.1, 0.15) is 23.1 Å². The summed E-state index contributed by atoms with van der Waals surface area (Å²) in [5, 5.41) is 14.7. The lowest BCUT2D eigenvalue weighted by molar-refractivity contribution is 0.325. The average molecular weight is 416 g/mol. The van der Waals surface area contributed by atoms with Crippen LogP contribution >= 0.6 is 0 Å². The minimum Gasteiger partial charge on any atom is -0.494 e. The van der Waals surface area contributed by atoms with Crippen LogP contribution in [0.25, 0.3) is 5.69 Å². The Hall–Kier alpha value is -3.92. The number of nitrogens with zero attached hydrogens (tertiary/aromatic N) is 3. The number of nitriles is 1.